The minimum atomic E-state index is -4.80. The van der Waals surface area contributed by atoms with Crippen molar-refractivity contribution in [1.29, 1.82) is 5.26 Å². The average molecular weight is 422 g/mol. The number of carbonyl (C=O) groups excluding carboxylic acids is 2. The molecule has 2 aromatic carbocycles. The lowest BCUT2D eigenvalue weighted by Crippen LogP contribution is -2.43. The van der Waals surface area contributed by atoms with Crippen LogP contribution in [0.25, 0.3) is 0 Å². The van der Waals surface area contributed by atoms with Gasteiger partial charge in [0.25, 0.3) is 5.91 Å². The van der Waals surface area contributed by atoms with Gasteiger partial charge in [-0.3, -0.25) is 4.79 Å². The van der Waals surface area contributed by atoms with Crippen LogP contribution < -0.4 is 4.90 Å². The predicted molar refractivity (Wildman–Crippen MR) is 100 cm³/mol. The molecule has 3 rings (SSSR count). The zero-order valence-corrected chi connectivity index (χ0v) is 16.2. The second-order valence-corrected chi connectivity index (χ2v) is 7.47. The summed E-state index contributed by atoms with van der Waals surface area (Å²) in [4.78, 5) is 27.9. The Balaban J connectivity index is 2.02. The highest BCUT2D eigenvalue weighted by atomic mass is 35.5. The molecule has 1 aliphatic rings. The molecule has 150 valence electrons. The van der Waals surface area contributed by atoms with Crippen molar-refractivity contribution in [2.75, 3.05) is 4.90 Å². The molecule has 0 N–H and O–H groups in total. The summed E-state index contributed by atoms with van der Waals surface area (Å²) in [5.41, 5.74) is -2.65. The fraction of sp³-hybridized carbons (Fsp3) is 0.250. The molecule has 0 spiro atoms. The molecule has 1 saturated heterocycles. The Kier molecular flexibility index (Phi) is 5.05. The summed E-state index contributed by atoms with van der Waals surface area (Å²) < 4.78 is 39.9. The van der Waals surface area contributed by atoms with E-state index in [9.17, 15) is 22.8 Å². The molecule has 0 bridgehead atoms. The summed E-state index contributed by atoms with van der Waals surface area (Å²) in [5.74, 6) is -0.664. The molecule has 29 heavy (non-hydrogen) atoms. The van der Waals surface area contributed by atoms with Crippen LogP contribution in [0.3, 0.4) is 0 Å². The summed E-state index contributed by atoms with van der Waals surface area (Å²) in [7, 11) is 0. The second kappa shape index (κ2) is 7.08. The molecule has 1 aliphatic heterocycles. The minimum absolute atomic E-state index is 0.0526. The average Bonchev–Trinajstić information content (AvgIpc) is 2.80. The van der Waals surface area contributed by atoms with Gasteiger partial charge in [0.15, 0.2) is 0 Å². The fourth-order valence-electron chi connectivity index (χ4n) is 3.15. The van der Waals surface area contributed by atoms with E-state index in [1.807, 2.05) is 0 Å². The maximum atomic E-state index is 13.3. The SMILES string of the molecule is CC1(C)C(=O)N(c2ccc(C#N)c(C(F)(F)F)c2)C(=O)N1Cc1cccc(Cl)c1. The molecule has 5 nitrogen and oxygen atoms in total. The van der Waals surface area contributed by atoms with Gasteiger partial charge in [0.1, 0.15) is 5.54 Å². The van der Waals surface area contributed by atoms with Gasteiger partial charge in [0.05, 0.1) is 22.9 Å². The van der Waals surface area contributed by atoms with E-state index in [4.69, 9.17) is 16.9 Å². The molecule has 3 amide bonds. The minimum Gasteiger partial charge on any atom is -0.305 e. The van der Waals surface area contributed by atoms with Crippen LogP contribution in [0.1, 0.15) is 30.5 Å². The molecule has 2 aromatic rings. The molecular weight excluding hydrogens is 407 g/mol. The van der Waals surface area contributed by atoms with Crippen molar-refractivity contribution in [3.63, 3.8) is 0 Å². The first-order valence-corrected chi connectivity index (χ1v) is 8.86. The number of benzene rings is 2. The summed E-state index contributed by atoms with van der Waals surface area (Å²) in [6.07, 6.45) is -4.80. The lowest BCUT2D eigenvalue weighted by molar-refractivity contribution is -0.137. The van der Waals surface area contributed by atoms with E-state index in [0.29, 0.717) is 21.6 Å². The van der Waals surface area contributed by atoms with E-state index in [0.717, 1.165) is 12.1 Å². The standard InChI is InChI=1S/C20H15ClF3N3O2/c1-19(2)17(28)27(15-7-6-13(10-25)16(9-15)20(22,23)24)18(29)26(19)11-12-4-3-5-14(21)8-12/h3-9H,11H2,1-2H3. The van der Waals surface area contributed by atoms with Gasteiger partial charge in [0, 0.05) is 11.6 Å². The zero-order chi connectivity index (χ0) is 21.6. The monoisotopic (exact) mass is 421 g/mol. The highest BCUT2D eigenvalue weighted by Crippen LogP contribution is 2.38. The lowest BCUT2D eigenvalue weighted by Gasteiger charge is -2.27. The number of amides is 3. The third-order valence-corrected chi connectivity index (χ3v) is 4.98. The Morgan fingerprint density at radius 2 is 1.83 bits per heavy atom. The Morgan fingerprint density at radius 1 is 1.14 bits per heavy atom. The van der Waals surface area contributed by atoms with Gasteiger partial charge in [-0.2, -0.15) is 18.4 Å². The molecular formula is C20H15ClF3N3O2. The zero-order valence-electron chi connectivity index (χ0n) is 15.4. The van der Waals surface area contributed by atoms with E-state index in [1.54, 1.807) is 24.3 Å². The van der Waals surface area contributed by atoms with Gasteiger partial charge >= 0.3 is 12.2 Å². The Morgan fingerprint density at radius 3 is 2.41 bits per heavy atom. The number of halogens is 4. The Bertz CT molecular complexity index is 1040. The van der Waals surface area contributed by atoms with E-state index in [-0.39, 0.29) is 12.2 Å². The lowest BCUT2D eigenvalue weighted by atomic mass is 10.0. The van der Waals surface area contributed by atoms with Crippen LogP contribution in [0.2, 0.25) is 5.02 Å². The summed E-state index contributed by atoms with van der Waals surface area (Å²) in [5, 5.41) is 9.39. The van der Waals surface area contributed by atoms with E-state index in [1.165, 1.54) is 24.8 Å². The highest BCUT2D eigenvalue weighted by molar-refractivity contribution is 6.30. The maximum absolute atomic E-state index is 13.3. The summed E-state index contributed by atoms with van der Waals surface area (Å²) >= 11 is 5.97. The number of anilines is 1. The number of imide groups is 1. The molecule has 0 radical (unpaired) electrons. The molecule has 0 saturated carbocycles. The fourth-order valence-corrected chi connectivity index (χ4v) is 3.36. The Hall–Kier alpha value is -3.05. The van der Waals surface area contributed by atoms with Gasteiger partial charge in [-0.15, -0.1) is 0 Å². The van der Waals surface area contributed by atoms with Crippen molar-refractivity contribution in [3.8, 4) is 6.07 Å². The van der Waals surface area contributed by atoms with Crippen molar-refractivity contribution in [2.24, 2.45) is 0 Å². The van der Waals surface area contributed by atoms with Crippen LogP contribution in [0.5, 0.6) is 0 Å². The highest BCUT2D eigenvalue weighted by Gasteiger charge is 2.52. The number of hydrogen-bond acceptors (Lipinski definition) is 3. The van der Waals surface area contributed by atoms with Crippen molar-refractivity contribution in [2.45, 2.75) is 32.1 Å². The molecule has 0 atom stereocenters. The first-order chi connectivity index (χ1) is 13.5. The van der Waals surface area contributed by atoms with Crippen molar-refractivity contribution in [3.05, 3.63) is 64.2 Å². The van der Waals surface area contributed by atoms with Crippen molar-refractivity contribution in [1.82, 2.24) is 4.90 Å². The molecule has 0 aliphatic carbocycles. The molecule has 0 unspecified atom stereocenters. The molecule has 1 fully saturated rings. The quantitative estimate of drug-likeness (QED) is 0.657. The van der Waals surface area contributed by atoms with Gasteiger partial charge in [-0.1, -0.05) is 23.7 Å². The van der Waals surface area contributed by atoms with Crippen molar-refractivity contribution >= 4 is 29.2 Å². The predicted octanol–water partition coefficient (Wildman–Crippen LogP) is 4.98. The molecule has 1 heterocycles. The number of alkyl halides is 3. The first kappa shape index (κ1) is 20.7. The number of hydrogen-bond donors (Lipinski definition) is 0. The third kappa shape index (κ3) is 3.66. The van der Waals surface area contributed by atoms with Crippen molar-refractivity contribution < 1.29 is 22.8 Å². The summed E-state index contributed by atoms with van der Waals surface area (Å²) in [6, 6.07) is 10.2. The number of urea groups is 1. The topological polar surface area (TPSA) is 64.4 Å². The van der Waals surface area contributed by atoms with Crippen LogP contribution in [-0.2, 0) is 17.5 Å². The number of rotatable bonds is 3. The third-order valence-electron chi connectivity index (χ3n) is 4.74. The van der Waals surface area contributed by atoms with Crippen LogP contribution in [-0.4, -0.2) is 22.4 Å². The Labute approximate surface area is 169 Å². The van der Waals surface area contributed by atoms with Crippen LogP contribution >= 0.6 is 11.6 Å². The maximum Gasteiger partial charge on any atom is 0.417 e. The molecule has 9 heteroatoms. The largest absolute Gasteiger partial charge is 0.417 e. The normalized spacial score (nSPS) is 16.3. The van der Waals surface area contributed by atoms with E-state index >= 15 is 0 Å². The summed E-state index contributed by atoms with van der Waals surface area (Å²) in [6.45, 7) is 3.09. The smallest absolute Gasteiger partial charge is 0.305 e. The van der Waals surface area contributed by atoms with Gasteiger partial charge in [-0.25, -0.2) is 9.69 Å². The second-order valence-electron chi connectivity index (χ2n) is 7.04. The van der Waals surface area contributed by atoms with E-state index in [2.05, 4.69) is 0 Å². The van der Waals surface area contributed by atoms with Gasteiger partial charge in [0.2, 0.25) is 0 Å². The van der Waals surface area contributed by atoms with Crippen LogP contribution in [0.4, 0.5) is 23.7 Å². The van der Waals surface area contributed by atoms with E-state index < -0.39 is 34.8 Å². The first-order valence-electron chi connectivity index (χ1n) is 8.49. The number of nitriles is 1. The van der Waals surface area contributed by atoms with Crippen LogP contribution in [0.15, 0.2) is 42.5 Å². The number of carbonyl (C=O) groups is 2. The van der Waals surface area contributed by atoms with Crippen LogP contribution in [0, 0.1) is 11.3 Å². The molecule has 0 aromatic heterocycles. The van der Waals surface area contributed by atoms with Gasteiger partial charge in [-0.05, 0) is 49.7 Å². The number of nitrogens with zero attached hydrogens (tertiary/aromatic N) is 3. The van der Waals surface area contributed by atoms with Gasteiger partial charge < -0.3 is 4.90 Å².